The fourth-order valence-electron chi connectivity index (χ4n) is 2.03. The first-order valence-corrected chi connectivity index (χ1v) is 7.31. The fraction of sp³-hybridized carbons (Fsp3) is 0.167. The van der Waals surface area contributed by atoms with E-state index in [1.807, 2.05) is 6.07 Å². The molecule has 0 aromatic heterocycles. The molecule has 1 N–H and O–H groups in total. The number of amides is 1. The van der Waals surface area contributed by atoms with Crippen LogP contribution in [0.3, 0.4) is 0 Å². The number of hydrogen-bond acceptors (Lipinski definition) is 3. The summed E-state index contributed by atoms with van der Waals surface area (Å²) in [5.74, 6) is -0.142. The predicted molar refractivity (Wildman–Crippen MR) is 87.0 cm³/mol. The molecule has 4 nitrogen and oxygen atoms in total. The Balaban J connectivity index is 1.98. The highest BCUT2D eigenvalue weighted by molar-refractivity contribution is 5.92. The molecule has 0 unspecified atom stereocenters. The van der Waals surface area contributed by atoms with Crippen molar-refractivity contribution in [3.8, 4) is 11.5 Å². The van der Waals surface area contributed by atoms with Crippen LogP contribution in [0.25, 0.3) is 6.08 Å². The van der Waals surface area contributed by atoms with Crippen LogP contribution < -0.4 is 14.8 Å². The van der Waals surface area contributed by atoms with E-state index in [-0.39, 0.29) is 17.9 Å². The molecule has 0 bridgehead atoms. The molecule has 2 rings (SSSR count). The second-order valence-corrected chi connectivity index (χ2v) is 4.99. The molecular formula is C18H16F3NO3. The first-order valence-electron chi connectivity index (χ1n) is 7.31. The van der Waals surface area contributed by atoms with Gasteiger partial charge in [0.25, 0.3) is 0 Å². The van der Waals surface area contributed by atoms with Crippen LogP contribution >= 0.6 is 0 Å². The van der Waals surface area contributed by atoms with Crippen molar-refractivity contribution in [1.29, 1.82) is 0 Å². The Morgan fingerprint density at radius 1 is 1.16 bits per heavy atom. The van der Waals surface area contributed by atoms with Crippen LogP contribution in [-0.2, 0) is 11.3 Å². The summed E-state index contributed by atoms with van der Waals surface area (Å²) in [5.41, 5.74) is 0.985. The van der Waals surface area contributed by atoms with Crippen molar-refractivity contribution in [2.75, 3.05) is 7.11 Å². The van der Waals surface area contributed by atoms with Crippen LogP contribution in [0, 0.1) is 0 Å². The van der Waals surface area contributed by atoms with E-state index in [1.54, 1.807) is 31.4 Å². The highest BCUT2D eigenvalue weighted by Gasteiger charge is 2.31. The summed E-state index contributed by atoms with van der Waals surface area (Å²) in [5, 5.41) is 2.64. The Morgan fingerprint density at radius 3 is 2.64 bits per heavy atom. The van der Waals surface area contributed by atoms with E-state index < -0.39 is 12.3 Å². The van der Waals surface area contributed by atoms with Crippen molar-refractivity contribution in [2.24, 2.45) is 0 Å². The summed E-state index contributed by atoms with van der Waals surface area (Å²) in [6.07, 6.45) is -2.38. The summed E-state index contributed by atoms with van der Waals surface area (Å²) >= 11 is 0. The zero-order valence-corrected chi connectivity index (χ0v) is 13.3. The molecule has 1 amide bonds. The lowest BCUT2D eigenvalue weighted by atomic mass is 10.2. The van der Waals surface area contributed by atoms with Crippen molar-refractivity contribution in [2.45, 2.75) is 12.9 Å². The fourth-order valence-corrected chi connectivity index (χ4v) is 2.03. The van der Waals surface area contributed by atoms with Crippen molar-refractivity contribution in [1.82, 2.24) is 5.32 Å². The van der Waals surface area contributed by atoms with Crippen LogP contribution in [0.5, 0.6) is 11.5 Å². The molecule has 0 fully saturated rings. The lowest BCUT2D eigenvalue weighted by Gasteiger charge is -2.11. The van der Waals surface area contributed by atoms with Gasteiger partial charge in [0.05, 0.1) is 7.11 Å². The van der Waals surface area contributed by atoms with Crippen molar-refractivity contribution >= 4 is 12.0 Å². The van der Waals surface area contributed by atoms with Gasteiger partial charge < -0.3 is 14.8 Å². The van der Waals surface area contributed by atoms with E-state index >= 15 is 0 Å². The quantitative estimate of drug-likeness (QED) is 0.803. The molecular weight excluding hydrogens is 335 g/mol. The van der Waals surface area contributed by atoms with E-state index in [0.717, 1.165) is 11.6 Å². The average Bonchev–Trinajstić information content (AvgIpc) is 2.58. The molecule has 0 radical (unpaired) electrons. The minimum atomic E-state index is -4.79. The topological polar surface area (TPSA) is 47.6 Å². The van der Waals surface area contributed by atoms with Gasteiger partial charge >= 0.3 is 6.36 Å². The van der Waals surface area contributed by atoms with E-state index in [2.05, 4.69) is 10.1 Å². The molecule has 2 aromatic rings. The van der Waals surface area contributed by atoms with Crippen LogP contribution in [0.4, 0.5) is 13.2 Å². The molecule has 0 heterocycles. The molecule has 7 heteroatoms. The maximum Gasteiger partial charge on any atom is 0.573 e. The second kappa shape index (κ2) is 8.23. The third-order valence-electron chi connectivity index (χ3n) is 3.16. The summed E-state index contributed by atoms with van der Waals surface area (Å²) < 4.78 is 46.1. The monoisotopic (exact) mass is 351 g/mol. The molecule has 25 heavy (non-hydrogen) atoms. The lowest BCUT2D eigenvalue weighted by molar-refractivity contribution is -0.274. The number of alkyl halides is 3. The van der Waals surface area contributed by atoms with Gasteiger partial charge in [0.15, 0.2) is 0 Å². The van der Waals surface area contributed by atoms with Crippen molar-refractivity contribution in [3.05, 3.63) is 65.7 Å². The Bertz CT molecular complexity index is 757. The summed E-state index contributed by atoms with van der Waals surface area (Å²) in [6, 6.07) is 12.7. The van der Waals surface area contributed by atoms with Gasteiger partial charge in [-0.2, -0.15) is 0 Å². The summed E-state index contributed by atoms with van der Waals surface area (Å²) in [6.45, 7) is 0.265. The first-order chi connectivity index (χ1) is 11.9. The van der Waals surface area contributed by atoms with Gasteiger partial charge in [0.1, 0.15) is 11.5 Å². The zero-order valence-electron chi connectivity index (χ0n) is 13.3. The minimum absolute atomic E-state index is 0.149. The Labute approximate surface area is 142 Å². The number of benzene rings is 2. The number of carbonyl (C=O) groups excluding carboxylic acids is 1. The van der Waals surface area contributed by atoms with Crippen LogP contribution in [0.2, 0.25) is 0 Å². The van der Waals surface area contributed by atoms with Gasteiger partial charge in [-0.1, -0.05) is 30.3 Å². The molecule has 0 aliphatic rings. The SMILES string of the molecule is COc1cccc(CNC(=O)/C=C/c2ccccc2OC(F)(F)F)c1. The number of carbonyl (C=O) groups is 1. The second-order valence-electron chi connectivity index (χ2n) is 4.99. The van der Waals surface area contributed by atoms with Gasteiger partial charge in [-0.15, -0.1) is 13.2 Å². The van der Waals surface area contributed by atoms with E-state index in [4.69, 9.17) is 4.74 Å². The van der Waals surface area contributed by atoms with Crippen molar-refractivity contribution < 1.29 is 27.4 Å². The standard InChI is InChI=1S/C18H16F3NO3/c1-24-15-7-4-5-13(11-15)12-22-17(23)10-9-14-6-2-3-8-16(14)25-18(19,20)21/h2-11H,12H2,1H3,(H,22,23)/b10-9+. The van der Waals surface area contributed by atoms with E-state index in [0.29, 0.717) is 5.75 Å². The summed E-state index contributed by atoms with van der Waals surface area (Å²) in [4.78, 5) is 11.8. The largest absolute Gasteiger partial charge is 0.573 e. The number of ether oxygens (including phenoxy) is 2. The van der Waals surface area contributed by atoms with Crippen LogP contribution in [0.15, 0.2) is 54.6 Å². The molecule has 0 saturated carbocycles. The molecule has 0 atom stereocenters. The number of nitrogens with one attached hydrogen (secondary N) is 1. The number of halogens is 3. The highest BCUT2D eigenvalue weighted by Crippen LogP contribution is 2.26. The predicted octanol–water partition coefficient (Wildman–Crippen LogP) is 3.92. The number of hydrogen-bond donors (Lipinski definition) is 1. The van der Waals surface area contributed by atoms with Gasteiger partial charge in [-0.3, -0.25) is 4.79 Å². The number of para-hydroxylation sites is 1. The lowest BCUT2D eigenvalue weighted by Crippen LogP contribution is -2.20. The highest BCUT2D eigenvalue weighted by atomic mass is 19.4. The zero-order chi connectivity index (χ0) is 18.3. The smallest absolute Gasteiger partial charge is 0.497 e. The van der Waals surface area contributed by atoms with Gasteiger partial charge in [-0.05, 0) is 29.8 Å². The molecule has 132 valence electrons. The molecule has 0 aliphatic heterocycles. The Morgan fingerprint density at radius 2 is 1.92 bits per heavy atom. The van der Waals surface area contributed by atoms with Gasteiger partial charge in [-0.25, -0.2) is 0 Å². The normalized spacial score (nSPS) is 11.4. The summed E-state index contributed by atoms with van der Waals surface area (Å²) in [7, 11) is 1.54. The van der Waals surface area contributed by atoms with Crippen LogP contribution in [0.1, 0.15) is 11.1 Å². The maximum atomic E-state index is 12.4. The Hall–Kier alpha value is -2.96. The number of rotatable bonds is 6. The third-order valence-corrected chi connectivity index (χ3v) is 3.16. The molecule has 0 saturated heterocycles. The average molecular weight is 351 g/mol. The van der Waals surface area contributed by atoms with Gasteiger partial charge in [0, 0.05) is 18.2 Å². The van der Waals surface area contributed by atoms with Gasteiger partial charge in [0.2, 0.25) is 5.91 Å². The van der Waals surface area contributed by atoms with E-state index in [1.165, 1.54) is 24.3 Å². The minimum Gasteiger partial charge on any atom is -0.497 e. The Kier molecular flexibility index (Phi) is 6.05. The molecule has 2 aromatic carbocycles. The maximum absolute atomic E-state index is 12.4. The van der Waals surface area contributed by atoms with Crippen LogP contribution in [-0.4, -0.2) is 19.4 Å². The van der Waals surface area contributed by atoms with Crippen molar-refractivity contribution in [3.63, 3.8) is 0 Å². The third kappa shape index (κ3) is 6.21. The molecule has 0 spiro atoms. The molecule has 0 aliphatic carbocycles. The van der Waals surface area contributed by atoms with E-state index in [9.17, 15) is 18.0 Å². The number of methoxy groups -OCH3 is 1. The first kappa shape index (κ1) is 18.4.